The van der Waals surface area contributed by atoms with Gasteiger partial charge in [0.1, 0.15) is 17.9 Å². The Balaban J connectivity index is 1.73. The number of phenolic OH excluding ortho intramolecular Hbond substituents is 1. The SMILES string of the molecule is COc1ccc2c(COC(=O)C=Cc3ccc(O)c(OC)c3)cc(=O)oc2c1. The number of esters is 1. The minimum atomic E-state index is -0.582. The van der Waals surface area contributed by atoms with E-state index in [1.807, 2.05) is 0 Å². The Morgan fingerprint density at radius 3 is 2.68 bits per heavy atom. The van der Waals surface area contributed by atoms with E-state index in [-0.39, 0.29) is 12.4 Å². The molecule has 0 unspecified atom stereocenters. The van der Waals surface area contributed by atoms with Gasteiger partial charge < -0.3 is 23.7 Å². The number of phenols is 1. The van der Waals surface area contributed by atoms with Gasteiger partial charge in [-0.05, 0) is 35.9 Å². The number of methoxy groups -OCH3 is 2. The van der Waals surface area contributed by atoms with Gasteiger partial charge in [0.05, 0.1) is 14.2 Å². The maximum absolute atomic E-state index is 12.0. The fourth-order valence-electron chi connectivity index (χ4n) is 2.62. The summed E-state index contributed by atoms with van der Waals surface area (Å²) in [7, 11) is 2.95. The van der Waals surface area contributed by atoms with E-state index in [0.29, 0.717) is 33.6 Å². The third-order valence-corrected chi connectivity index (χ3v) is 4.02. The normalized spacial score (nSPS) is 10.9. The highest BCUT2D eigenvalue weighted by atomic mass is 16.5. The number of fused-ring (bicyclic) bond motifs is 1. The summed E-state index contributed by atoms with van der Waals surface area (Å²) in [5.41, 5.74) is 0.995. The van der Waals surface area contributed by atoms with Crippen molar-refractivity contribution >= 4 is 23.0 Å². The van der Waals surface area contributed by atoms with Crippen molar-refractivity contribution in [2.75, 3.05) is 14.2 Å². The van der Waals surface area contributed by atoms with Gasteiger partial charge in [-0.15, -0.1) is 0 Å². The van der Waals surface area contributed by atoms with Crippen molar-refractivity contribution in [1.82, 2.24) is 0 Å². The highest BCUT2D eigenvalue weighted by Gasteiger charge is 2.09. The highest BCUT2D eigenvalue weighted by molar-refractivity contribution is 5.87. The molecule has 0 saturated heterocycles. The fraction of sp³-hybridized carbons (Fsp3) is 0.143. The highest BCUT2D eigenvalue weighted by Crippen LogP contribution is 2.27. The van der Waals surface area contributed by atoms with E-state index in [9.17, 15) is 14.7 Å². The summed E-state index contributed by atoms with van der Waals surface area (Å²) < 4.78 is 20.5. The van der Waals surface area contributed by atoms with Gasteiger partial charge in [-0.2, -0.15) is 0 Å². The van der Waals surface area contributed by atoms with Gasteiger partial charge in [-0.25, -0.2) is 9.59 Å². The first kappa shape index (κ1) is 19.0. The average molecular weight is 382 g/mol. The molecule has 144 valence electrons. The van der Waals surface area contributed by atoms with Gasteiger partial charge >= 0.3 is 11.6 Å². The van der Waals surface area contributed by atoms with Crippen LogP contribution < -0.4 is 15.1 Å². The van der Waals surface area contributed by atoms with E-state index in [4.69, 9.17) is 18.6 Å². The third kappa shape index (κ3) is 4.32. The Kier molecular flexibility index (Phi) is 5.64. The van der Waals surface area contributed by atoms with Crippen molar-refractivity contribution in [3.63, 3.8) is 0 Å². The molecule has 1 N–H and O–H groups in total. The lowest BCUT2D eigenvalue weighted by Crippen LogP contribution is -2.05. The van der Waals surface area contributed by atoms with E-state index in [1.165, 1.54) is 38.5 Å². The Labute approximate surface area is 160 Å². The molecule has 3 rings (SSSR count). The quantitative estimate of drug-likeness (QED) is 0.397. The summed E-state index contributed by atoms with van der Waals surface area (Å²) >= 11 is 0. The zero-order valence-corrected chi connectivity index (χ0v) is 15.3. The Hall–Kier alpha value is -3.74. The van der Waals surface area contributed by atoms with Crippen LogP contribution in [0.1, 0.15) is 11.1 Å². The Bertz CT molecular complexity index is 1100. The van der Waals surface area contributed by atoms with E-state index in [2.05, 4.69) is 0 Å². The van der Waals surface area contributed by atoms with Crippen LogP contribution in [0.5, 0.6) is 17.2 Å². The number of aromatic hydroxyl groups is 1. The van der Waals surface area contributed by atoms with Crippen LogP contribution in [0, 0.1) is 0 Å². The number of rotatable bonds is 6. The molecule has 3 aromatic rings. The first-order valence-electron chi connectivity index (χ1n) is 8.33. The molecule has 7 nitrogen and oxygen atoms in total. The molecular formula is C21H18O7. The zero-order valence-electron chi connectivity index (χ0n) is 15.3. The predicted octanol–water partition coefficient (Wildman–Crippen LogP) is 3.27. The Morgan fingerprint density at radius 1 is 1.11 bits per heavy atom. The zero-order chi connectivity index (χ0) is 20.1. The lowest BCUT2D eigenvalue weighted by molar-refractivity contribution is -0.138. The monoisotopic (exact) mass is 382 g/mol. The molecule has 1 aromatic heterocycles. The lowest BCUT2D eigenvalue weighted by Gasteiger charge is -2.07. The second kappa shape index (κ2) is 8.30. The minimum absolute atomic E-state index is 0.00800. The summed E-state index contributed by atoms with van der Waals surface area (Å²) in [4.78, 5) is 23.8. The molecule has 1 heterocycles. The molecule has 0 spiro atoms. The molecule has 0 aliphatic rings. The van der Waals surface area contributed by atoms with Gasteiger partial charge in [0.2, 0.25) is 0 Å². The van der Waals surface area contributed by atoms with Crippen molar-refractivity contribution < 1.29 is 28.5 Å². The number of hydrogen-bond acceptors (Lipinski definition) is 7. The van der Waals surface area contributed by atoms with Crippen molar-refractivity contribution in [2.24, 2.45) is 0 Å². The van der Waals surface area contributed by atoms with Crippen molar-refractivity contribution in [3.8, 4) is 17.2 Å². The van der Waals surface area contributed by atoms with Gasteiger partial charge in [-0.3, -0.25) is 0 Å². The first-order chi connectivity index (χ1) is 13.5. The molecule has 0 amide bonds. The predicted molar refractivity (Wildman–Crippen MR) is 103 cm³/mol. The van der Waals surface area contributed by atoms with Gasteiger partial charge in [0.25, 0.3) is 0 Å². The number of carbonyl (C=O) groups is 1. The van der Waals surface area contributed by atoms with E-state index in [1.54, 1.807) is 30.3 Å². The van der Waals surface area contributed by atoms with Crippen LogP contribution >= 0.6 is 0 Å². The minimum Gasteiger partial charge on any atom is -0.504 e. The molecule has 0 saturated carbocycles. The average Bonchev–Trinajstić information content (AvgIpc) is 2.70. The summed E-state index contributed by atoms with van der Waals surface area (Å²) in [5.74, 6) is 0.279. The van der Waals surface area contributed by atoms with Crippen LogP contribution in [0.3, 0.4) is 0 Å². The lowest BCUT2D eigenvalue weighted by atomic mass is 10.1. The number of carbonyl (C=O) groups excluding carboxylic acids is 1. The number of benzene rings is 2. The Morgan fingerprint density at radius 2 is 1.93 bits per heavy atom. The maximum Gasteiger partial charge on any atom is 0.336 e. The van der Waals surface area contributed by atoms with Crippen molar-refractivity contribution in [1.29, 1.82) is 0 Å². The maximum atomic E-state index is 12.0. The molecule has 0 radical (unpaired) electrons. The van der Waals surface area contributed by atoms with Gasteiger partial charge in [0.15, 0.2) is 11.5 Å². The van der Waals surface area contributed by atoms with E-state index >= 15 is 0 Å². The van der Waals surface area contributed by atoms with Crippen LogP contribution in [0.2, 0.25) is 0 Å². The number of ether oxygens (including phenoxy) is 3. The van der Waals surface area contributed by atoms with E-state index < -0.39 is 11.6 Å². The van der Waals surface area contributed by atoms with Gasteiger partial charge in [0, 0.05) is 29.2 Å². The molecule has 7 heteroatoms. The molecule has 0 aliphatic carbocycles. The number of hydrogen-bond donors (Lipinski definition) is 1. The van der Waals surface area contributed by atoms with E-state index in [0.717, 1.165) is 0 Å². The summed E-state index contributed by atoms with van der Waals surface area (Å²) in [5, 5.41) is 10.2. The summed E-state index contributed by atoms with van der Waals surface area (Å²) in [6.07, 6.45) is 2.79. The summed E-state index contributed by atoms with van der Waals surface area (Å²) in [6.45, 7) is -0.0868. The fourth-order valence-corrected chi connectivity index (χ4v) is 2.62. The topological polar surface area (TPSA) is 95.2 Å². The van der Waals surface area contributed by atoms with Crippen LogP contribution in [0.25, 0.3) is 17.0 Å². The molecule has 0 aliphatic heterocycles. The summed E-state index contributed by atoms with van der Waals surface area (Å²) in [6, 6.07) is 11.0. The molecule has 0 fully saturated rings. The third-order valence-electron chi connectivity index (χ3n) is 4.02. The molecule has 0 atom stereocenters. The second-order valence-corrected chi connectivity index (χ2v) is 5.83. The van der Waals surface area contributed by atoms with Crippen LogP contribution in [0.15, 0.2) is 57.8 Å². The molecule has 0 bridgehead atoms. The molecule has 28 heavy (non-hydrogen) atoms. The smallest absolute Gasteiger partial charge is 0.336 e. The van der Waals surface area contributed by atoms with Crippen molar-refractivity contribution in [3.05, 3.63) is 70.1 Å². The first-order valence-corrected chi connectivity index (χ1v) is 8.33. The largest absolute Gasteiger partial charge is 0.504 e. The molecular weight excluding hydrogens is 364 g/mol. The van der Waals surface area contributed by atoms with Crippen LogP contribution in [0.4, 0.5) is 0 Å². The molecule has 2 aromatic carbocycles. The van der Waals surface area contributed by atoms with Crippen LogP contribution in [-0.4, -0.2) is 25.3 Å². The van der Waals surface area contributed by atoms with Crippen LogP contribution in [-0.2, 0) is 16.1 Å². The standard InChI is InChI=1S/C21H18O7/c1-25-15-5-6-16-14(10-21(24)28-18(16)11-15)12-27-20(23)8-4-13-3-7-17(22)19(9-13)26-2/h3-11,22H,12H2,1-2H3. The van der Waals surface area contributed by atoms with Gasteiger partial charge in [-0.1, -0.05) is 6.07 Å². The van der Waals surface area contributed by atoms with Crippen molar-refractivity contribution in [2.45, 2.75) is 6.61 Å². The second-order valence-electron chi connectivity index (χ2n) is 5.83.